The zero-order valence-electron chi connectivity index (χ0n) is 12.2. The molecule has 2 rings (SSSR count). The van der Waals surface area contributed by atoms with Crippen LogP contribution in [0.3, 0.4) is 0 Å². The predicted octanol–water partition coefficient (Wildman–Crippen LogP) is 2.23. The molecule has 0 unspecified atom stereocenters. The molecular weight excluding hydrogens is 297 g/mol. The largest absolute Gasteiger partial charge is 0.353 e. The molecule has 0 saturated carbocycles. The fourth-order valence-electron chi connectivity index (χ4n) is 2.42. The van der Waals surface area contributed by atoms with Gasteiger partial charge < -0.3 is 10.2 Å². The van der Waals surface area contributed by atoms with Gasteiger partial charge in [0.05, 0.1) is 5.56 Å². The first-order valence-corrected chi connectivity index (χ1v) is 7.16. The van der Waals surface area contributed by atoms with Gasteiger partial charge >= 0.3 is 0 Å². The molecule has 1 N–H and O–H groups in total. The number of nitrogens with one attached hydrogen (secondary N) is 1. The third kappa shape index (κ3) is 3.40. The van der Waals surface area contributed by atoms with Gasteiger partial charge in [0, 0.05) is 25.6 Å². The zero-order valence-corrected chi connectivity index (χ0v) is 12.2. The highest BCUT2D eigenvalue weighted by Gasteiger charge is 2.27. The van der Waals surface area contributed by atoms with Gasteiger partial charge in [-0.05, 0) is 25.0 Å². The van der Waals surface area contributed by atoms with Gasteiger partial charge in [-0.2, -0.15) is 0 Å². The van der Waals surface area contributed by atoms with E-state index in [2.05, 4.69) is 5.32 Å². The summed E-state index contributed by atoms with van der Waals surface area (Å²) in [5, 5.41) is 2.84. The van der Waals surface area contributed by atoms with Crippen molar-refractivity contribution < 1.29 is 22.8 Å². The van der Waals surface area contributed by atoms with Crippen molar-refractivity contribution in [3.05, 3.63) is 35.1 Å². The molecule has 1 aromatic rings. The molecule has 1 aliphatic heterocycles. The molecule has 1 aromatic carbocycles. The van der Waals surface area contributed by atoms with E-state index in [1.165, 1.54) is 4.90 Å². The monoisotopic (exact) mass is 314 g/mol. The van der Waals surface area contributed by atoms with Crippen LogP contribution in [0.1, 0.15) is 36.5 Å². The van der Waals surface area contributed by atoms with Crippen molar-refractivity contribution in [2.75, 3.05) is 13.1 Å². The summed E-state index contributed by atoms with van der Waals surface area (Å²) in [6, 6.07) is 1.66. The van der Waals surface area contributed by atoms with Crippen LogP contribution in [0.2, 0.25) is 0 Å². The minimum atomic E-state index is -1.64. The lowest BCUT2D eigenvalue weighted by Gasteiger charge is -2.32. The van der Waals surface area contributed by atoms with Crippen LogP contribution >= 0.6 is 0 Å². The van der Waals surface area contributed by atoms with E-state index < -0.39 is 28.9 Å². The first-order valence-electron chi connectivity index (χ1n) is 7.16. The maximum Gasteiger partial charge on any atom is 0.256 e. The fraction of sp³-hybridized carbons (Fsp3) is 0.467. The van der Waals surface area contributed by atoms with Crippen LogP contribution in [0.15, 0.2) is 12.1 Å². The molecule has 1 saturated heterocycles. The molecule has 1 aliphatic rings. The number of amides is 2. The lowest BCUT2D eigenvalue weighted by Crippen LogP contribution is -2.46. The quantitative estimate of drug-likeness (QED) is 0.870. The average molecular weight is 314 g/mol. The molecule has 22 heavy (non-hydrogen) atoms. The maximum absolute atomic E-state index is 13.6. The first-order chi connectivity index (χ1) is 10.4. The Morgan fingerprint density at radius 1 is 1.18 bits per heavy atom. The van der Waals surface area contributed by atoms with Crippen molar-refractivity contribution in [1.29, 1.82) is 0 Å². The van der Waals surface area contributed by atoms with Crippen LogP contribution in [-0.4, -0.2) is 35.8 Å². The van der Waals surface area contributed by atoms with Crippen molar-refractivity contribution in [2.24, 2.45) is 0 Å². The van der Waals surface area contributed by atoms with Crippen LogP contribution in [-0.2, 0) is 4.79 Å². The van der Waals surface area contributed by atoms with Crippen LogP contribution in [0.5, 0.6) is 0 Å². The molecule has 0 spiro atoms. The van der Waals surface area contributed by atoms with Gasteiger partial charge in [0.25, 0.3) is 5.91 Å². The number of carbonyl (C=O) groups is 2. The van der Waals surface area contributed by atoms with Gasteiger partial charge in [-0.1, -0.05) is 6.92 Å². The molecule has 0 bridgehead atoms. The van der Waals surface area contributed by atoms with E-state index in [1.54, 1.807) is 6.92 Å². The molecule has 1 fully saturated rings. The summed E-state index contributed by atoms with van der Waals surface area (Å²) >= 11 is 0. The van der Waals surface area contributed by atoms with Gasteiger partial charge in [-0.15, -0.1) is 0 Å². The molecule has 4 nitrogen and oxygen atoms in total. The number of rotatable bonds is 3. The summed E-state index contributed by atoms with van der Waals surface area (Å²) < 4.78 is 39.7. The van der Waals surface area contributed by atoms with Gasteiger partial charge in [0.1, 0.15) is 0 Å². The second kappa shape index (κ2) is 6.81. The number of piperidine rings is 1. The molecule has 0 aromatic heterocycles. The van der Waals surface area contributed by atoms with Crippen LogP contribution < -0.4 is 5.32 Å². The molecule has 1 heterocycles. The number of halogens is 3. The van der Waals surface area contributed by atoms with Crippen LogP contribution in [0.25, 0.3) is 0 Å². The molecule has 120 valence electrons. The summed E-state index contributed by atoms with van der Waals surface area (Å²) in [5.41, 5.74) is -0.477. The molecular formula is C15H17F3N2O2. The van der Waals surface area contributed by atoms with E-state index >= 15 is 0 Å². The Labute approximate surface area is 126 Å². The third-order valence-electron chi connectivity index (χ3n) is 3.73. The Balaban J connectivity index is 2.01. The number of likely N-dealkylation sites (tertiary alicyclic amines) is 1. The topological polar surface area (TPSA) is 49.4 Å². The smallest absolute Gasteiger partial charge is 0.256 e. The molecule has 0 aliphatic carbocycles. The molecule has 0 atom stereocenters. The van der Waals surface area contributed by atoms with Crippen molar-refractivity contribution in [2.45, 2.75) is 32.2 Å². The minimum Gasteiger partial charge on any atom is -0.353 e. The number of hydrogen-bond acceptors (Lipinski definition) is 2. The van der Waals surface area contributed by atoms with Gasteiger partial charge in [0.15, 0.2) is 17.5 Å². The van der Waals surface area contributed by atoms with Crippen molar-refractivity contribution in [3.63, 3.8) is 0 Å². The van der Waals surface area contributed by atoms with Crippen LogP contribution in [0, 0.1) is 17.5 Å². The van der Waals surface area contributed by atoms with Crippen molar-refractivity contribution in [1.82, 2.24) is 10.2 Å². The summed E-state index contributed by atoms with van der Waals surface area (Å²) in [6.07, 6.45) is 1.48. The molecule has 2 amide bonds. The minimum absolute atomic E-state index is 0.0219. The summed E-state index contributed by atoms with van der Waals surface area (Å²) in [7, 11) is 0. The van der Waals surface area contributed by atoms with E-state index in [-0.39, 0.29) is 11.9 Å². The highest BCUT2D eigenvalue weighted by molar-refractivity contribution is 5.94. The second-order valence-electron chi connectivity index (χ2n) is 5.21. The normalized spacial score (nSPS) is 15.7. The lowest BCUT2D eigenvalue weighted by molar-refractivity contribution is -0.121. The Morgan fingerprint density at radius 2 is 1.82 bits per heavy atom. The summed E-state index contributed by atoms with van der Waals surface area (Å²) in [5.74, 6) is -5.16. The van der Waals surface area contributed by atoms with E-state index in [0.29, 0.717) is 32.4 Å². The predicted molar refractivity (Wildman–Crippen MR) is 73.7 cm³/mol. The Bertz CT molecular complexity index is 584. The summed E-state index contributed by atoms with van der Waals surface area (Å²) in [4.78, 5) is 24.9. The average Bonchev–Trinajstić information content (AvgIpc) is 2.53. The third-order valence-corrected chi connectivity index (χ3v) is 3.73. The van der Waals surface area contributed by atoms with Gasteiger partial charge in [-0.3, -0.25) is 9.59 Å². The standard InChI is InChI=1S/C15H17F3N2O2/c1-2-12(21)19-9-5-7-20(8-6-9)15(22)10-3-4-11(16)14(18)13(10)17/h3-4,9H,2,5-8H2,1H3,(H,19,21). The second-order valence-corrected chi connectivity index (χ2v) is 5.21. The lowest BCUT2D eigenvalue weighted by atomic mass is 10.0. The van der Waals surface area contributed by atoms with Gasteiger partial charge in [-0.25, -0.2) is 13.2 Å². The van der Waals surface area contributed by atoms with Gasteiger partial charge in [0.2, 0.25) is 5.91 Å². The number of benzene rings is 1. The Morgan fingerprint density at radius 3 is 2.41 bits per heavy atom. The highest BCUT2D eigenvalue weighted by Crippen LogP contribution is 2.19. The fourth-order valence-corrected chi connectivity index (χ4v) is 2.42. The number of hydrogen-bond donors (Lipinski definition) is 1. The van der Waals surface area contributed by atoms with Crippen LogP contribution in [0.4, 0.5) is 13.2 Å². The highest BCUT2D eigenvalue weighted by atomic mass is 19.2. The van der Waals surface area contributed by atoms with Crippen molar-refractivity contribution >= 4 is 11.8 Å². The van der Waals surface area contributed by atoms with Crippen molar-refractivity contribution in [3.8, 4) is 0 Å². The zero-order chi connectivity index (χ0) is 16.3. The van der Waals surface area contributed by atoms with E-state index in [1.807, 2.05) is 0 Å². The Hall–Kier alpha value is -2.05. The molecule has 7 heteroatoms. The van der Waals surface area contributed by atoms with E-state index in [9.17, 15) is 22.8 Å². The maximum atomic E-state index is 13.6. The number of nitrogens with zero attached hydrogens (tertiary/aromatic N) is 1. The molecule has 0 radical (unpaired) electrons. The Kier molecular flexibility index (Phi) is 5.05. The van der Waals surface area contributed by atoms with E-state index in [4.69, 9.17) is 0 Å². The number of carbonyl (C=O) groups excluding carboxylic acids is 2. The SMILES string of the molecule is CCC(=O)NC1CCN(C(=O)c2ccc(F)c(F)c2F)CC1. The first kappa shape index (κ1) is 16.3. The summed E-state index contributed by atoms with van der Waals surface area (Å²) in [6.45, 7) is 2.40. The van der Waals surface area contributed by atoms with E-state index in [0.717, 1.165) is 12.1 Å².